The third kappa shape index (κ3) is 4.65. The molecule has 2 aliphatic rings. The lowest BCUT2D eigenvalue weighted by molar-refractivity contribution is 0.266. The molecule has 2 aliphatic heterocycles. The Morgan fingerprint density at radius 1 is 1.14 bits per heavy atom. The average molecular weight is 494 g/mol. The molecule has 1 N–H and O–H groups in total. The molecule has 0 aliphatic carbocycles. The number of hydrogen-bond acceptors (Lipinski definition) is 5. The van der Waals surface area contributed by atoms with Gasteiger partial charge in [-0.3, -0.25) is 4.99 Å². The van der Waals surface area contributed by atoms with Gasteiger partial charge < -0.3 is 19.9 Å². The van der Waals surface area contributed by atoms with Crippen LogP contribution in [0.4, 0.5) is 5.95 Å². The number of nitrogens with zero attached hydrogens (tertiary/aromatic N) is 5. The van der Waals surface area contributed by atoms with Crippen LogP contribution in [0.1, 0.15) is 17.9 Å². The first-order valence-corrected chi connectivity index (χ1v) is 9.54. The molecule has 1 fully saturated rings. The summed E-state index contributed by atoms with van der Waals surface area (Å²) in [5, 5.41) is 3.57. The number of rotatable bonds is 3. The molecule has 3 heterocycles. The van der Waals surface area contributed by atoms with E-state index in [9.17, 15) is 0 Å². The zero-order valence-electron chi connectivity index (χ0n) is 16.1. The van der Waals surface area contributed by atoms with Crippen LogP contribution in [-0.4, -0.2) is 67.2 Å². The first-order valence-electron chi connectivity index (χ1n) is 9.54. The Kier molecular flexibility index (Phi) is 7.30. The molecule has 150 valence electrons. The number of para-hydroxylation sites is 1. The van der Waals surface area contributed by atoms with Crippen molar-refractivity contribution in [2.45, 2.75) is 12.3 Å². The highest BCUT2D eigenvalue weighted by atomic mass is 127. The summed E-state index contributed by atoms with van der Waals surface area (Å²) in [5.74, 6) is 3.24. The van der Waals surface area contributed by atoms with Gasteiger partial charge in [-0.1, -0.05) is 18.2 Å². The van der Waals surface area contributed by atoms with Gasteiger partial charge in [-0.25, -0.2) is 9.97 Å². The third-order valence-electron chi connectivity index (χ3n) is 5.22. The van der Waals surface area contributed by atoms with E-state index in [4.69, 9.17) is 4.74 Å². The predicted molar refractivity (Wildman–Crippen MR) is 122 cm³/mol. The van der Waals surface area contributed by atoms with Gasteiger partial charge >= 0.3 is 0 Å². The van der Waals surface area contributed by atoms with Crippen LogP contribution in [0.15, 0.2) is 47.7 Å². The summed E-state index contributed by atoms with van der Waals surface area (Å²) in [6.45, 7) is 5.24. The van der Waals surface area contributed by atoms with Gasteiger partial charge in [0.15, 0.2) is 5.96 Å². The molecule has 4 rings (SSSR count). The summed E-state index contributed by atoms with van der Waals surface area (Å²) >= 11 is 0. The second-order valence-electron chi connectivity index (χ2n) is 6.82. The first kappa shape index (κ1) is 20.6. The summed E-state index contributed by atoms with van der Waals surface area (Å²) in [6.07, 6.45) is 4.61. The van der Waals surface area contributed by atoms with Crippen molar-refractivity contribution in [1.82, 2.24) is 20.2 Å². The van der Waals surface area contributed by atoms with E-state index in [0.29, 0.717) is 5.92 Å². The number of guanidine groups is 1. The minimum atomic E-state index is 0. The van der Waals surface area contributed by atoms with Gasteiger partial charge in [-0.2, -0.15) is 0 Å². The third-order valence-corrected chi connectivity index (χ3v) is 5.22. The minimum absolute atomic E-state index is 0. The van der Waals surface area contributed by atoms with Crippen LogP contribution >= 0.6 is 24.0 Å². The topological polar surface area (TPSA) is 65.9 Å². The zero-order valence-corrected chi connectivity index (χ0v) is 18.5. The number of benzene rings is 1. The standard InChI is InChI=1S/C20H26N6O.HI/c1-21-19(24-15-16-7-14-27-18-6-3-2-5-17(16)18)25-10-12-26(13-11-25)20-22-8-4-9-23-20;/h2-6,8-9,16H,7,10-15H2,1H3,(H,21,24);1H. The summed E-state index contributed by atoms with van der Waals surface area (Å²) in [5.41, 5.74) is 1.29. The van der Waals surface area contributed by atoms with Crippen LogP contribution in [-0.2, 0) is 0 Å². The van der Waals surface area contributed by atoms with Crippen LogP contribution < -0.4 is 15.0 Å². The number of anilines is 1. The van der Waals surface area contributed by atoms with Crippen molar-refractivity contribution >= 4 is 35.9 Å². The highest BCUT2D eigenvalue weighted by Crippen LogP contribution is 2.32. The number of ether oxygens (including phenoxy) is 1. The van der Waals surface area contributed by atoms with E-state index in [0.717, 1.165) is 63.4 Å². The lowest BCUT2D eigenvalue weighted by Crippen LogP contribution is -2.53. The Hall–Kier alpha value is -2.10. The van der Waals surface area contributed by atoms with E-state index in [1.54, 1.807) is 12.4 Å². The molecule has 2 aromatic rings. The smallest absolute Gasteiger partial charge is 0.225 e. The van der Waals surface area contributed by atoms with E-state index in [-0.39, 0.29) is 24.0 Å². The molecule has 0 radical (unpaired) electrons. The minimum Gasteiger partial charge on any atom is -0.493 e. The fourth-order valence-electron chi connectivity index (χ4n) is 3.75. The van der Waals surface area contributed by atoms with Crippen LogP contribution in [0.25, 0.3) is 0 Å². The number of aliphatic imine (C=N–C) groups is 1. The Balaban J connectivity index is 0.00000225. The monoisotopic (exact) mass is 494 g/mol. The number of piperazine rings is 1. The Morgan fingerprint density at radius 3 is 2.64 bits per heavy atom. The van der Waals surface area contributed by atoms with Crippen molar-refractivity contribution in [1.29, 1.82) is 0 Å². The maximum Gasteiger partial charge on any atom is 0.225 e. The summed E-state index contributed by atoms with van der Waals surface area (Å²) in [6, 6.07) is 10.2. The molecule has 1 aromatic heterocycles. The van der Waals surface area contributed by atoms with Gasteiger partial charge in [0.2, 0.25) is 5.95 Å². The van der Waals surface area contributed by atoms with Crippen LogP contribution in [0.3, 0.4) is 0 Å². The van der Waals surface area contributed by atoms with Gasteiger partial charge in [0.1, 0.15) is 5.75 Å². The maximum absolute atomic E-state index is 5.77. The summed E-state index contributed by atoms with van der Waals surface area (Å²) in [4.78, 5) is 17.7. The van der Waals surface area contributed by atoms with Crippen LogP contribution in [0.2, 0.25) is 0 Å². The Bertz CT molecular complexity index is 779. The van der Waals surface area contributed by atoms with Gasteiger partial charge in [0, 0.05) is 58.1 Å². The van der Waals surface area contributed by atoms with E-state index < -0.39 is 0 Å². The van der Waals surface area contributed by atoms with E-state index in [1.165, 1.54) is 5.56 Å². The normalized spacial score (nSPS) is 19.3. The largest absolute Gasteiger partial charge is 0.493 e. The van der Waals surface area contributed by atoms with Crippen molar-refractivity contribution in [2.75, 3.05) is 51.3 Å². The van der Waals surface area contributed by atoms with E-state index in [1.807, 2.05) is 19.2 Å². The summed E-state index contributed by atoms with van der Waals surface area (Å²) in [7, 11) is 1.85. The van der Waals surface area contributed by atoms with Crippen molar-refractivity contribution in [3.63, 3.8) is 0 Å². The second-order valence-corrected chi connectivity index (χ2v) is 6.82. The molecule has 1 aromatic carbocycles. The second kappa shape index (κ2) is 9.90. The highest BCUT2D eigenvalue weighted by molar-refractivity contribution is 14.0. The van der Waals surface area contributed by atoms with Gasteiger partial charge in [0.05, 0.1) is 6.61 Å². The van der Waals surface area contributed by atoms with E-state index >= 15 is 0 Å². The fraction of sp³-hybridized carbons (Fsp3) is 0.450. The molecular weight excluding hydrogens is 467 g/mol. The number of hydrogen-bond donors (Lipinski definition) is 1. The lowest BCUT2D eigenvalue weighted by Gasteiger charge is -2.37. The van der Waals surface area contributed by atoms with Gasteiger partial charge in [-0.05, 0) is 24.1 Å². The fourth-order valence-corrected chi connectivity index (χ4v) is 3.75. The number of aromatic nitrogens is 2. The maximum atomic E-state index is 5.77. The molecule has 28 heavy (non-hydrogen) atoms. The molecule has 0 bridgehead atoms. The molecule has 0 spiro atoms. The molecule has 0 amide bonds. The number of halogens is 1. The molecule has 8 heteroatoms. The first-order chi connectivity index (χ1) is 13.3. The Labute approximate surface area is 183 Å². The number of fused-ring (bicyclic) bond motifs is 1. The van der Waals surface area contributed by atoms with Crippen molar-refractivity contribution < 1.29 is 4.74 Å². The quantitative estimate of drug-likeness (QED) is 0.402. The summed E-state index contributed by atoms with van der Waals surface area (Å²) < 4.78 is 5.77. The number of nitrogens with one attached hydrogen (secondary N) is 1. The van der Waals surface area contributed by atoms with Crippen molar-refractivity contribution in [3.05, 3.63) is 48.3 Å². The van der Waals surface area contributed by atoms with Gasteiger partial charge in [-0.15, -0.1) is 24.0 Å². The van der Waals surface area contributed by atoms with Crippen molar-refractivity contribution in [3.8, 4) is 5.75 Å². The zero-order chi connectivity index (χ0) is 18.5. The highest BCUT2D eigenvalue weighted by Gasteiger charge is 2.24. The molecule has 1 unspecified atom stereocenters. The lowest BCUT2D eigenvalue weighted by atomic mass is 9.93. The molecule has 1 saturated heterocycles. The average Bonchev–Trinajstić information content (AvgIpc) is 2.75. The molecule has 0 saturated carbocycles. The van der Waals surface area contributed by atoms with Gasteiger partial charge in [0.25, 0.3) is 0 Å². The molecule has 1 atom stereocenters. The SMILES string of the molecule is CN=C(NCC1CCOc2ccccc21)N1CCN(c2ncccn2)CC1.I. The van der Waals surface area contributed by atoms with Crippen LogP contribution in [0, 0.1) is 0 Å². The van der Waals surface area contributed by atoms with Crippen LogP contribution in [0.5, 0.6) is 5.75 Å². The predicted octanol–water partition coefficient (Wildman–Crippen LogP) is 2.36. The molecule has 7 nitrogen and oxygen atoms in total. The Morgan fingerprint density at radius 2 is 1.89 bits per heavy atom. The van der Waals surface area contributed by atoms with E-state index in [2.05, 4.69) is 48.3 Å². The van der Waals surface area contributed by atoms with Crippen molar-refractivity contribution in [2.24, 2.45) is 4.99 Å². The molecular formula is C20H27IN6O.